The normalized spacial score (nSPS) is 28.7. The van der Waals surface area contributed by atoms with Crippen LogP contribution in [0.15, 0.2) is 23.2 Å². The molecule has 1 aromatic heterocycles. The van der Waals surface area contributed by atoms with Gasteiger partial charge < -0.3 is 19.3 Å². The van der Waals surface area contributed by atoms with Gasteiger partial charge in [-0.15, -0.1) is 0 Å². The van der Waals surface area contributed by atoms with E-state index in [4.69, 9.17) is 4.74 Å². The zero-order valence-corrected chi connectivity index (χ0v) is 16.3. The number of ether oxygens (including phenoxy) is 1. The predicted octanol–water partition coefficient (Wildman–Crippen LogP) is 3.12. The van der Waals surface area contributed by atoms with Crippen molar-refractivity contribution in [2.24, 2.45) is 18.0 Å². The second-order valence-electron chi connectivity index (χ2n) is 8.58. The molecule has 0 amide bonds. The molecule has 1 N–H and O–H groups in total. The van der Waals surface area contributed by atoms with Gasteiger partial charge in [0.05, 0.1) is 36.6 Å². The SMILES string of the molecule is CN1C2CCC1CC(Cc1ccc3c(c1)c(C1=NCCOC1)c(O)n3C)C2. The third-order valence-electron chi connectivity index (χ3n) is 7.02. The first-order chi connectivity index (χ1) is 13.1. The van der Waals surface area contributed by atoms with Gasteiger partial charge in [-0.05, 0) is 62.8 Å². The van der Waals surface area contributed by atoms with Gasteiger partial charge in [0.25, 0.3) is 0 Å². The Labute approximate surface area is 160 Å². The maximum atomic E-state index is 10.7. The first-order valence-electron chi connectivity index (χ1n) is 10.3. The van der Waals surface area contributed by atoms with Gasteiger partial charge in [-0.2, -0.15) is 0 Å². The highest BCUT2D eigenvalue weighted by molar-refractivity contribution is 6.14. The fourth-order valence-corrected chi connectivity index (χ4v) is 5.52. The lowest BCUT2D eigenvalue weighted by atomic mass is 9.86. The monoisotopic (exact) mass is 367 g/mol. The molecule has 2 aromatic rings. The molecule has 0 saturated carbocycles. The summed E-state index contributed by atoms with van der Waals surface area (Å²) < 4.78 is 7.45. The highest BCUT2D eigenvalue weighted by atomic mass is 16.5. The van der Waals surface area contributed by atoms with E-state index in [9.17, 15) is 5.11 Å². The van der Waals surface area contributed by atoms with Crippen LogP contribution in [0.4, 0.5) is 0 Å². The van der Waals surface area contributed by atoms with E-state index in [0.29, 0.717) is 25.6 Å². The van der Waals surface area contributed by atoms with Crippen molar-refractivity contribution in [1.29, 1.82) is 0 Å². The number of hydrogen-bond acceptors (Lipinski definition) is 4. The summed E-state index contributed by atoms with van der Waals surface area (Å²) in [5, 5.41) is 11.8. The van der Waals surface area contributed by atoms with Crippen molar-refractivity contribution in [3.8, 4) is 5.88 Å². The van der Waals surface area contributed by atoms with Gasteiger partial charge in [-0.3, -0.25) is 4.99 Å². The summed E-state index contributed by atoms with van der Waals surface area (Å²) in [4.78, 5) is 7.22. The molecule has 2 atom stereocenters. The Hall–Kier alpha value is -1.85. The Kier molecular flexibility index (Phi) is 4.25. The molecule has 4 heterocycles. The van der Waals surface area contributed by atoms with Crippen molar-refractivity contribution in [3.63, 3.8) is 0 Å². The topological polar surface area (TPSA) is 50.0 Å². The van der Waals surface area contributed by atoms with E-state index >= 15 is 0 Å². The second kappa shape index (κ2) is 6.64. The summed E-state index contributed by atoms with van der Waals surface area (Å²) >= 11 is 0. The molecule has 27 heavy (non-hydrogen) atoms. The molecule has 144 valence electrons. The van der Waals surface area contributed by atoms with Gasteiger partial charge >= 0.3 is 0 Å². The minimum Gasteiger partial charge on any atom is -0.494 e. The number of benzene rings is 1. The van der Waals surface area contributed by atoms with Crippen LogP contribution in [0.1, 0.15) is 36.8 Å². The Balaban J connectivity index is 1.47. The molecule has 3 aliphatic heterocycles. The summed E-state index contributed by atoms with van der Waals surface area (Å²) in [5.74, 6) is 1.07. The number of fused-ring (bicyclic) bond motifs is 3. The first kappa shape index (κ1) is 17.3. The standard InChI is InChI=1S/C22H29N3O2/c1-24-16-4-5-17(24)11-15(10-16)9-14-3-6-20-18(12-14)21(22(26)25(20)2)19-13-27-8-7-23-19/h3,6,12,15-17,26H,4-5,7-11,13H2,1-2H3. The average Bonchev–Trinajstić information content (AvgIpc) is 3.03. The predicted molar refractivity (Wildman–Crippen MR) is 108 cm³/mol. The number of hydrogen-bond donors (Lipinski definition) is 1. The summed E-state index contributed by atoms with van der Waals surface area (Å²) in [5.41, 5.74) is 4.17. The van der Waals surface area contributed by atoms with E-state index in [2.05, 4.69) is 35.1 Å². The van der Waals surface area contributed by atoms with Gasteiger partial charge in [0, 0.05) is 24.5 Å². The Bertz CT molecular complexity index is 887. The molecule has 2 bridgehead atoms. The summed E-state index contributed by atoms with van der Waals surface area (Å²) in [6.45, 7) is 1.82. The molecule has 0 radical (unpaired) electrons. The van der Waals surface area contributed by atoms with E-state index in [1.54, 1.807) is 0 Å². The molecule has 3 aliphatic rings. The fourth-order valence-electron chi connectivity index (χ4n) is 5.52. The van der Waals surface area contributed by atoms with E-state index in [0.717, 1.165) is 46.6 Å². The molecule has 5 rings (SSSR count). The molecule has 2 fully saturated rings. The van der Waals surface area contributed by atoms with Gasteiger partial charge in [0.15, 0.2) is 0 Å². The van der Waals surface area contributed by atoms with Crippen molar-refractivity contribution in [2.75, 3.05) is 26.8 Å². The largest absolute Gasteiger partial charge is 0.494 e. The Morgan fingerprint density at radius 3 is 2.67 bits per heavy atom. The number of aromatic hydroxyl groups is 1. The molecular formula is C22H29N3O2. The second-order valence-corrected chi connectivity index (χ2v) is 8.58. The van der Waals surface area contributed by atoms with Crippen LogP contribution >= 0.6 is 0 Å². The van der Waals surface area contributed by atoms with E-state index in [1.807, 2.05) is 11.6 Å². The van der Waals surface area contributed by atoms with Crippen LogP contribution in [0.5, 0.6) is 5.88 Å². The average molecular weight is 367 g/mol. The Morgan fingerprint density at radius 1 is 1.19 bits per heavy atom. The third-order valence-corrected chi connectivity index (χ3v) is 7.02. The molecule has 5 nitrogen and oxygen atoms in total. The van der Waals surface area contributed by atoms with Crippen LogP contribution in [0, 0.1) is 5.92 Å². The number of nitrogens with zero attached hydrogens (tertiary/aromatic N) is 3. The van der Waals surface area contributed by atoms with Gasteiger partial charge in [-0.25, -0.2) is 0 Å². The van der Waals surface area contributed by atoms with Crippen molar-refractivity contribution >= 4 is 16.6 Å². The number of rotatable bonds is 3. The fraction of sp³-hybridized carbons (Fsp3) is 0.591. The summed E-state index contributed by atoms with van der Waals surface area (Å²) in [6, 6.07) is 8.24. The van der Waals surface area contributed by atoms with Crippen molar-refractivity contribution in [1.82, 2.24) is 9.47 Å². The highest BCUT2D eigenvalue weighted by Gasteiger charge is 2.38. The van der Waals surface area contributed by atoms with E-state index in [1.165, 1.54) is 31.2 Å². The first-order valence-corrected chi connectivity index (χ1v) is 10.3. The quantitative estimate of drug-likeness (QED) is 0.907. The molecule has 2 saturated heterocycles. The van der Waals surface area contributed by atoms with Crippen LogP contribution in [0.25, 0.3) is 10.9 Å². The van der Waals surface area contributed by atoms with Crippen LogP contribution < -0.4 is 0 Å². The van der Waals surface area contributed by atoms with Crippen molar-refractivity contribution in [3.05, 3.63) is 29.3 Å². The number of aliphatic imine (C=N–C) groups is 1. The van der Waals surface area contributed by atoms with Gasteiger partial charge in [0.2, 0.25) is 5.88 Å². The van der Waals surface area contributed by atoms with E-state index < -0.39 is 0 Å². The van der Waals surface area contributed by atoms with Crippen LogP contribution in [-0.4, -0.2) is 59.2 Å². The zero-order valence-electron chi connectivity index (χ0n) is 16.3. The lowest BCUT2D eigenvalue weighted by molar-refractivity contribution is 0.134. The molecule has 2 unspecified atom stereocenters. The zero-order chi connectivity index (χ0) is 18.5. The lowest BCUT2D eigenvalue weighted by Gasteiger charge is -2.36. The van der Waals surface area contributed by atoms with Crippen molar-refractivity contribution in [2.45, 2.75) is 44.2 Å². The third kappa shape index (κ3) is 2.88. The number of aromatic nitrogens is 1. The maximum absolute atomic E-state index is 10.7. The molecule has 1 aromatic carbocycles. The van der Waals surface area contributed by atoms with Crippen LogP contribution in [0.2, 0.25) is 0 Å². The van der Waals surface area contributed by atoms with Gasteiger partial charge in [-0.1, -0.05) is 6.07 Å². The molecule has 0 aliphatic carbocycles. The minimum atomic E-state index is 0.295. The molecule has 0 spiro atoms. The minimum absolute atomic E-state index is 0.295. The smallest absolute Gasteiger partial charge is 0.201 e. The van der Waals surface area contributed by atoms with Crippen LogP contribution in [0.3, 0.4) is 0 Å². The lowest BCUT2D eigenvalue weighted by Crippen LogP contribution is -2.40. The summed E-state index contributed by atoms with van der Waals surface area (Å²) in [7, 11) is 4.22. The Morgan fingerprint density at radius 2 is 1.96 bits per heavy atom. The van der Waals surface area contributed by atoms with Gasteiger partial charge in [0.1, 0.15) is 0 Å². The maximum Gasteiger partial charge on any atom is 0.201 e. The molecule has 5 heteroatoms. The van der Waals surface area contributed by atoms with E-state index in [-0.39, 0.29) is 0 Å². The van der Waals surface area contributed by atoms with Crippen LogP contribution in [-0.2, 0) is 18.2 Å². The summed E-state index contributed by atoms with van der Waals surface area (Å²) in [6.07, 6.45) is 6.51. The van der Waals surface area contributed by atoms with Crippen molar-refractivity contribution < 1.29 is 9.84 Å². The molecular weight excluding hydrogens is 338 g/mol. The highest BCUT2D eigenvalue weighted by Crippen LogP contribution is 2.39. The number of aryl methyl sites for hydroxylation is 1. The number of piperidine rings is 1.